The number of rotatable bonds is 1. The molecule has 0 spiro atoms. The van der Waals surface area contributed by atoms with Gasteiger partial charge < -0.3 is 10.2 Å². The first kappa shape index (κ1) is 7.28. The molecule has 1 rings (SSSR count). The predicted octanol–water partition coefficient (Wildman–Crippen LogP) is 0.398. The molecular weight excluding hydrogens is 132 g/mol. The van der Waals surface area contributed by atoms with Crippen molar-refractivity contribution in [3.63, 3.8) is 0 Å². The van der Waals surface area contributed by atoms with E-state index >= 15 is 0 Å². The van der Waals surface area contributed by atoms with Gasteiger partial charge in [0, 0.05) is 5.57 Å². The van der Waals surface area contributed by atoms with Crippen LogP contribution < -0.4 is 0 Å². The highest BCUT2D eigenvalue weighted by Crippen LogP contribution is 2.24. The molecule has 0 saturated carbocycles. The van der Waals surface area contributed by atoms with Crippen molar-refractivity contribution in [3.8, 4) is 0 Å². The maximum Gasteiger partial charge on any atom is 0.331 e. The zero-order valence-corrected chi connectivity index (χ0v) is 5.74. The summed E-state index contributed by atoms with van der Waals surface area (Å²) in [5.41, 5.74) is 0.333. The minimum atomic E-state index is -0.914. The van der Waals surface area contributed by atoms with Crippen LogP contribution in [0.1, 0.15) is 13.3 Å². The summed E-state index contributed by atoms with van der Waals surface area (Å²) in [6.07, 6.45) is 1.33. The van der Waals surface area contributed by atoms with E-state index in [0.717, 1.165) is 0 Å². The van der Waals surface area contributed by atoms with Crippen molar-refractivity contribution in [2.45, 2.75) is 19.4 Å². The van der Waals surface area contributed by atoms with E-state index in [0.29, 0.717) is 12.0 Å². The summed E-state index contributed by atoms with van der Waals surface area (Å²) in [6, 6.07) is 0. The Morgan fingerprint density at radius 3 is 2.60 bits per heavy atom. The molecule has 0 bridgehead atoms. The number of hydrogen-bond acceptors (Lipinski definition) is 2. The van der Waals surface area contributed by atoms with Gasteiger partial charge in [-0.1, -0.05) is 6.92 Å². The topological polar surface area (TPSA) is 57.5 Å². The molecule has 2 atom stereocenters. The molecule has 0 aromatic heterocycles. The van der Waals surface area contributed by atoms with Crippen LogP contribution in [-0.2, 0) is 4.79 Å². The SMILES string of the molecule is CC1CC(C(=O)O)=CC1O. The summed E-state index contributed by atoms with van der Waals surface area (Å²) < 4.78 is 0. The van der Waals surface area contributed by atoms with E-state index < -0.39 is 12.1 Å². The average molecular weight is 142 g/mol. The van der Waals surface area contributed by atoms with Gasteiger partial charge in [-0.15, -0.1) is 0 Å². The van der Waals surface area contributed by atoms with Crippen LogP contribution in [0.15, 0.2) is 11.6 Å². The van der Waals surface area contributed by atoms with E-state index in [1.807, 2.05) is 6.92 Å². The fourth-order valence-corrected chi connectivity index (χ4v) is 1.06. The van der Waals surface area contributed by atoms with Crippen LogP contribution in [0.4, 0.5) is 0 Å². The van der Waals surface area contributed by atoms with Crippen molar-refractivity contribution in [2.75, 3.05) is 0 Å². The second-order valence-electron chi connectivity index (χ2n) is 2.67. The average Bonchev–Trinajstić information content (AvgIpc) is 2.13. The van der Waals surface area contributed by atoms with Crippen molar-refractivity contribution in [1.82, 2.24) is 0 Å². The van der Waals surface area contributed by atoms with Crippen molar-refractivity contribution in [3.05, 3.63) is 11.6 Å². The van der Waals surface area contributed by atoms with E-state index in [1.165, 1.54) is 6.08 Å². The van der Waals surface area contributed by atoms with E-state index in [2.05, 4.69) is 0 Å². The normalized spacial score (nSPS) is 32.0. The molecule has 0 radical (unpaired) electrons. The Bertz CT molecular complexity index is 183. The van der Waals surface area contributed by atoms with E-state index in [1.54, 1.807) is 0 Å². The van der Waals surface area contributed by atoms with Crippen LogP contribution in [0.25, 0.3) is 0 Å². The lowest BCUT2D eigenvalue weighted by molar-refractivity contribution is -0.132. The molecular formula is C7H10O3. The van der Waals surface area contributed by atoms with Crippen LogP contribution >= 0.6 is 0 Å². The first-order valence-corrected chi connectivity index (χ1v) is 3.23. The second-order valence-corrected chi connectivity index (χ2v) is 2.67. The zero-order chi connectivity index (χ0) is 7.72. The summed E-state index contributed by atoms with van der Waals surface area (Å²) >= 11 is 0. The van der Waals surface area contributed by atoms with Gasteiger partial charge in [-0.05, 0) is 18.4 Å². The van der Waals surface area contributed by atoms with Gasteiger partial charge in [-0.25, -0.2) is 4.79 Å². The zero-order valence-electron chi connectivity index (χ0n) is 5.74. The van der Waals surface area contributed by atoms with Gasteiger partial charge in [0.2, 0.25) is 0 Å². The Kier molecular flexibility index (Phi) is 1.76. The Morgan fingerprint density at radius 2 is 2.40 bits per heavy atom. The van der Waals surface area contributed by atoms with E-state index in [4.69, 9.17) is 10.2 Å². The van der Waals surface area contributed by atoms with Crippen molar-refractivity contribution < 1.29 is 15.0 Å². The summed E-state index contributed by atoms with van der Waals surface area (Å²) in [5.74, 6) is -0.852. The lowest BCUT2D eigenvalue weighted by Crippen LogP contribution is -2.08. The third-order valence-electron chi connectivity index (χ3n) is 1.77. The number of aliphatic carboxylic acids is 1. The molecule has 0 fully saturated rings. The lowest BCUT2D eigenvalue weighted by atomic mass is 10.1. The molecule has 0 aromatic rings. The summed E-state index contributed by atoms with van der Waals surface area (Å²) in [4.78, 5) is 10.3. The molecule has 3 nitrogen and oxygen atoms in total. The second kappa shape index (κ2) is 2.42. The van der Waals surface area contributed by atoms with E-state index in [9.17, 15) is 4.79 Å². The fraction of sp³-hybridized carbons (Fsp3) is 0.571. The molecule has 0 amide bonds. The lowest BCUT2D eigenvalue weighted by Gasteiger charge is -2.04. The van der Waals surface area contributed by atoms with Gasteiger partial charge in [0.1, 0.15) is 0 Å². The first-order chi connectivity index (χ1) is 4.61. The maximum atomic E-state index is 10.3. The van der Waals surface area contributed by atoms with Crippen LogP contribution in [-0.4, -0.2) is 22.3 Å². The van der Waals surface area contributed by atoms with Crippen LogP contribution in [0.5, 0.6) is 0 Å². The number of carboxylic acids is 1. The van der Waals surface area contributed by atoms with Gasteiger partial charge in [0.15, 0.2) is 0 Å². The number of aliphatic hydroxyl groups is 1. The van der Waals surface area contributed by atoms with E-state index in [-0.39, 0.29) is 5.92 Å². The fourth-order valence-electron chi connectivity index (χ4n) is 1.06. The first-order valence-electron chi connectivity index (χ1n) is 3.23. The Balaban J connectivity index is 2.67. The molecule has 56 valence electrons. The highest BCUT2D eigenvalue weighted by molar-refractivity contribution is 5.87. The maximum absolute atomic E-state index is 10.3. The van der Waals surface area contributed by atoms with Crippen LogP contribution in [0.2, 0.25) is 0 Å². The molecule has 1 aliphatic rings. The summed E-state index contributed by atoms with van der Waals surface area (Å²) in [6.45, 7) is 1.83. The molecule has 0 saturated heterocycles. The molecule has 0 heterocycles. The Labute approximate surface area is 59.0 Å². The quantitative estimate of drug-likeness (QED) is 0.557. The molecule has 2 unspecified atom stereocenters. The van der Waals surface area contributed by atoms with Gasteiger partial charge in [-0.2, -0.15) is 0 Å². The highest BCUT2D eigenvalue weighted by Gasteiger charge is 2.24. The molecule has 2 N–H and O–H groups in total. The molecule has 0 aromatic carbocycles. The summed E-state index contributed by atoms with van der Waals surface area (Å²) in [5, 5.41) is 17.5. The van der Waals surface area contributed by atoms with Gasteiger partial charge in [0.25, 0.3) is 0 Å². The van der Waals surface area contributed by atoms with Gasteiger partial charge >= 0.3 is 5.97 Å². The van der Waals surface area contributed by atoms with Crippen molar-refractivity contribution in [1.29, 1.82) is 0 Å². The largest absolute Gasteiger partial charge is 0.478 e. The molecule has 10 heavy (non-hydrogen) atoms. The van der Waals surface area contributed by atoms with Gasteiger partial charge in [0.05, 0.1) is 6.10 Å². The minimum absolute atomic E-state index is 0.0612. The van der Waals surface area contributed by atoms with Crippen LogP contribution in [0, 0.1) is 5.92 Å². The molecule has 0 aliphatic heterocycles. The number of aliphatic hydroxyl groups excluding tert-OH is 1. The van der Waals surface area contributed by atoms with Crippen molar-refractivity contribution >= 4 is 5.97 Å². The number of hydrogen-bond donors (Lipinski definition) is 2. The monoisotopic (exact) mass is 142 g/mol. The third kappa shape index (κ3) is 1.19. The standard InChI is InChI=1S/C7H10O3/c1-4-2-5(7(9)10)3-6(4)8/h3-4,6,8H,2H2,1H3,(H,9,10). The molecule has 3 heteroatoms. The smallest absolute Gasteiger partial charge is 0.331 e. The Morgan fingerprint density at radius 1 is 1.80 bits per heavy atom. The third-order valence-corrected chi connectivity index (χ3v) is 1.77. The highest BCUT2D eigenvalue weighted by atomic mass is 16.4. The van der Waals surface area contributed by atoms with Crippen LogP contribution in [0.3, 0.4) is 0 Å². The molecule has 1 aliphatic carbocycles. The Hall–Kier alpha value is -0.830. The number of carbonyl (C=O) groups is 1. The number of carboxylic acid groups (broad SMARTS) is 1. The summed E-state index contributed by atoms with van der Waals surface area (Å²) in [7, 11) is 0. The predicted molar refractivity (Wildman–Crippen MR) is 35.5 cm³/mol. The minimum Gasteiger partial charge on any atom is -0.478 e. The van der Waals surface area contributed by atoms with Gasteiger partial charge in [-0.3, -0.25) is 0 Å². The van der Waals surface area contributed by atoms with Crippen molar-refractivity contribution in [2.24, 2.45) is 5.92 Å².